The van der Waals surface area contributed by atoms with E-state index in [4.69, 9.17) is 9.15 Å². The molecule has 6 nitrogen and oxygen atoms in total. The summed E-state index contributed by atoms with van der Waals surface area (Å²) >= 11 is 0. The van der Waals surface area contributed by atoms with Gasteiger partial charge in [-0.05, 0) is 67.9 Å². The predicted molar refractivity (Wildman–Crippen MR) is 111 cm³/mol. The first-order chi connectivity index (χ1) is 14.0. The number of hydrogen-bond acceptors (Lipinski definition) is 4. The molecular weight excluding hydrogens is 368 g/mol. The van der Waals surface area contributed by atoms with Crippen LogP contribution in [0, 0.1) is 0 Å². The van der Waals surface area contributed by atoms with Crippen LogP contribution in [0.4, 0.5) is 5.69 Å². The van der Waals surface area contributed by atoms with Crippen molar-refractivity contribution in [2.24, 2.45) is 0 Å². The number of carbonyl (C=O) groups is 2. The number of amides is 2. The van der Waals surface area contributed by atoms with Crippen LogP contribution in [-0.4, -0.2) is 17.9 Å². The van der Waals surface area contributed by atoms with E-state index >= 15 is 0 Å². The Morgan fingerprint density at radius 1 is 1.00 bits per heavy atom. The quantitative estimate of drug-likeness (QED) is 0.585. The summed E-state index contributed by atoms with van der Waals surface area (Å²) in [5, 5.41) is 5.61. The third kappa shape index (κ3) is 5.72. The van der Waals surface area contributed by atoms with Gasteiger partial charge in [0.05, 0.1) is 18.9 Å². The fraction of sp³-hybridized carbons (Fsp3) is 0.217. The third-order valence-electron chi connectivity index (χ3n) is 4.42. The summed E-state index contributed by atoms with van der Waals surface area (Å²) in [6.07, 6.45) is 2.53. The van der Waals surface area contributed by atoms with Crippen LogP contribution in [0.25, 0.3) is 0 Å². The number of ether oxygens (including phenoxy) is 1. The van der Waals surface area contributed by atoms with Crippen LogP contribution in [-0.2, 0) is 6.54 Å². The largest absolute Gasteiger partial charge is 0.491 e. The molecule has 1 heterocycles. The predicted octanol–water partition coefficient (Wildman–Crippen LogP) is 4.64. The fourth-order valence-corrected chi connectivity index (χ4v) is 2.62. The van der Waals surface area contributed by atoms with Crippen LogP contribution in [0.3, 0.4) is 0 Å². The SMILES string of the molecule is CCC(C)Oc1cccc(C(=O)Nc2ccc(C(=O)NCc3ccco3)cc2)c1. The fourth-order valence-electron chi connectivity index (χ4n) is 2.62. The number of furan rings is 1. The maximum atomic E-state index is 12.5. The van der Waals surface area contributed by atoms with Crippen LogP contribution >= 0.6 is 0 Å². The van der Waals surface area contributed by atoms with Crippen molar-refractivity contribution in [2.75, 3.05) is 5.32 Å². The monoisotopic (exact) mass is 392 g/mol. The van der Waals surface area contributed by atoms with Gasteiger partial charge >= 0.3 is 0 Å². The van der Waals surface area contributed by atoms with Crippen LogP contribution in [0.15, 0.2) is 71.3 Å². The lowest BCUT2D eigenvalue weighted by Gasteiger charge is -2.13. The van der Waals surface area contributed by atoms with Crippen molar-refractivity contribution in [2.45, 2.75) is 32.9 Å². The van der Waals surface area contributed by atoms with Gasteiger partial charge in [0.2, 0.25) is 0 Å². The van der Waals surface area contributed by atoms with Crippen molar-refractivity contribution < 1.29 is 18.7 Å². The van der Waals surface area contributed by atoms with E-state index in [0.29, 0.717) is 34.9 Å². The maximum Gasteiger partial charge on any atom is 0.255 e. The molecule has 3 aromatic rings. The lowest BCUT2D eigenvalue weighted by Crippen LogP contribution is -2.22. The van der Waals surface area contributed by atoms with Crippen molar-refractivity contribution >= 4 is 17.5 Å². The molecule has 0 fully saturated rings. The van der Waals surface area contributed by atoms with Crippen LogP contribution in [0.2, 0.25) is 0 Å². The van der Waals surface area contributed by atoms with Gasteiger partial charge in [-0.1, -0.05) is 13.0 Å². The van der Waals surface area contributed by atoms with E-state index in [-0.39, 0.29) is 17.9 Å². The minimum Gasteiger partial charge on any atom is -0.491 e. The van der Waals surface area contributed by atoms with Crippen molar-refractivity contribution in [1.82, 2.24) is 5.32 Å². The van der Waals surface area contributed by atoms with E-state index in [1.807, 2.05) is 19.9 Å². The zero-order valence-electron chi connectivity index (χ0n) is 16.5. The normalized spacial score (nSPS) is 11.5. The zero-order valence-corrected chi connectivity index (χ0v) is 16.5. The van der Waals surface area contributed by atoms with Gasteiger partial charge in [0.1, 0.15) is 11.5 Å². The topological polar surface area (TPSA) is 80.6 Å². The molecular formula is C23H24N2O4. The van der Waals surface area contributed by atoms with Crippen LogP contribution in [0.1, 0.15) is 46.7 Å². The van der Waals surface area contributed by atoms with E-state index in [0.717, 1.165) is 6.42 Å². The first-order valence-electron chi connectivity index (χ1n) is 9.54. The molecule has 0 spiro atoms. The second-order valence-electron chi connectivity index (χ2n) is 6.66. The Morgan fingerprint density at radius 3 is 2.48 bits per heavy atom. The molecule has 2 aromatic carbocycles. The Morgan fingerprint density at radius 2 is 1.79 bits per heavy atom. The molecule has 29 heavy (non-hydrogen) atoms. The van der Waals surface area contributed by atoms with Crippen LogP contribution < -0.4 is 15.4 Å². The van der Waals surface area contributed by atoms with Gasteiger partial charge in [-0.15, -0.1) is 0 Å². The number of nitrogens with one attached hydrogen (secondary N) is 2. The lowest BCUT2D eigenvalue weighted by atomic mass is 10.1. The number of carbonyl (C=O) groups excluding carboxylic acids is 2. The second kappa shape index (κ2) is 9.59. The Bertz CT molecular complexity index is 949. The summed E-state index contributed by atoms with van der Waals surface area (Å²) in [6, 6.07) is 17.3. The molecule has 0 radical (unpaired) electrons. The molecule has 0 bridgehead atoms. The first-order valence-corrected chi connectivity index (χ1v) is 9.54. The van der Waals surface area contributed by atoms with E-state index < -0.39 is 0 Å². The summed E-state index contributed by atoms with van der Waals surface area (Å²) in [6.45, 7) is 4.35. The molecule has 2 N–H and O–H groups in total. The highest BCUT2D eigenvalue weighted by Gasteiger charge is 2.10. The molecule has 0 saturated carbocycles. The minimum absolute atomic E-state index is 0.0831. The minimum atomic E-state index is -0.241. The van der Waals surface area contributed by atoms with Crippen molar-refractivity contribution in [3.8, 4) is 5.75 Å². The Labute approximate surface area is 169 Å². The van der Waals surface area contributed by atoms with Gasteiger partial charge in [0.15, 0.2) is 0 Å². The average Bonchev–Trinajstić information content (AvgIpc) is 3.26. The van der Waals surface area contributed by atoms with Crippen LogP contribution in [0.5, 0.6) is 5.75 Å². The molecule has 1 atom stereocenters. The summed E-state index contributed by atoms with van der Waals surface area (Å²) < 4.78 is 11.0. The van der Waals surface area contributed by atoms with Gasteiger partial charge in [-0.3, -0.25) is 9.59 Å². The third-order valence-corrected chi connectivity index (χ3v) is 4.42. The molecule has 0 aliphatic carbocycles. The van der Waals surface area contributed by atoms with Crippen molar-refractivity contribution in [1.29, 1.82) is 0 Å². The smallest absolute Gasteiger partial charge is 0.255 e. The first kappa shape index (κ1) is 20.2. The van der Waals surface area contributed by atoms with Gasteiger partial charge in [-0.25, -0.2) is 0 Å². The molecule has 150 valence electrons. The van der Waals surface area contributed by atoms with Crippen molar-refractivity contribution in [3.63, 3.8) is 0 Å². The Kier molecular flexibility index (Phi) is 6.68. The number of hydrogen-bond donors (Lipinski definition) is 2. The highest BCUT2D eigenvalue weighted by Crippen LogP contribution is 2.18. The number of benzene rings is 2. The van der Waals surface area contributed by atoms with Crippen molar-refractivity contribution in [3.05, 3.63) is 83.8 Å². The molecule has 3 rings (SSSR count). The standard InChI is InChI=1S/C23H24N2O4/c1-3-16(2)29-20-7-4-6-18(14-20)23(27)25-19-11-9-17(10-12-19)22(26)24-15-21-8-5-13-28-21/h4-14,16H,3,15H2,1-2H3,(H,24,26)(H,25,27). The Balaban J connectivity index is 1.58. The number of rotatable bonds is 8. The molecule has 1 unspecified atom stereocenters. The highest BCUT2D eigenvalue weighted by atomic mass is 16.5. The molecule has 0 saturated heterocycles. The van der Waals surface area contributed by atoms with Gasteiger partial charge < -0.3 is 19.8 Å². The highest BCUT2D eigenvalue weighted by molar-refractivity contribution is 6.04. The van der Waals surface area contributed by atoms with Gasteiger partial charge in [0, 0.05) is 16.8 Å². The van der Waals surface area contributed by atoms with E-state index in [1.165, 1.54) is 0 Å². The summed E-state index contributed by atoms with van der Waals surface area (Å²) in [4.78, 5) is 24.7. The van der Waals surface area contributed by atoms with E-state index in [9.17, 15) is 9.59 Å². The maximum absolute atomic E-state index is 12.5. The average molecular weight is 392 g/mol. The molecule has 0 aliphatic heterocycles. The number of anilines is 1. The van der Waals surface area contributed by atoms with E-state index in [1.54, 1.807) is 60.9 Å². The molecule has 2 amide bonds. The Hall–Kier alpha value is -3.54. The summed E-state index contributed by atoms with van der Waals surface area (Å²) in [5.41, 5.74) is 1.61. The summed E-state index contributed by atoms with van der Waals surface area (Å²) in [7, 11) is 0. The second-order valence-corrected chi connectivity index (χ2v) is 6.66. The zero-order chi connectivity index (χ0) is 20.6. The molecule has 1 aromatic heterocycles. The molecule has 6 heteroatoms. The lowest BCUT2D eigenvalue weighted by molar-refractivity contribution is 0.0947. The van der Waals surface area contributed by atoms with E-state index in [2.05, 4.69) is 10.6 Å². The summed E-state index contributed by atoms with van der Waals surface area (Å²) in [5.74, 6) is 0.890. The van der Waals surface area contributed by atoms with Gasteiger partial charge in [-0.2, -0.15) is 0 Å². The molecule has 0 aliphatic rings. The van der Waals surface area contributed by atoms with Gasteiger partial charge in [0.25, 0.3) is 11.8 Å².